The van der Waals surface area contributed by atoms with Gasteiger partial charge in [0.2, 0.25) is 0 Å². The number of halogens is 4. The third-order valence-electron chi connectivity index (χ3n) is 3.87. The molecule has 7 heteroatoms. The summed E-state index contributed by atoms with van der Waals surface area (Å²) in [6.45, 7) is 0. The van der Waals surface area contributed by atoms with Gasteiger partial charge in [-0.1, -0.05) is 41.9 Å². The largest absolute Gasteiger partial charge is 0.416 e. The van der Waals surface area contributed by atoms with E-state index in [1.807, 2.05) is 0 Å². The van der Waals surface area contributed by atoms with E-state index in [2.05, 4.69) is 9.97 Å². The Morgan fingerprint density at radius 3 is 1.92 bits per heavy atom. The Bertz CT molecular complexity index is 869. The third kappa shape index (κ3) is 3.23. The number of alkyl halides is 3. The van der Waals surface area contributed by atoms with Crippen LogP contribution in [0, 0.1) is 0 Å². The normalized spacial score (nSPS) is 14.1. The van der Waals surface area contributed by atoms with Gasteiger partial charge in [-0.25, -0.2) is 9.97 Å². The molecule has 3 rings (SSSR count). The molecule has 3 nitrogen and oxygen atoms in total. The van der Waals surface area contributed by atoms with Crippen LogP contribution in [0.1, 0.15) is 22.3 Å². The maximum absolute atomic E-state index is 12.8. The molecule has 0 saturated carbocycles. The minimum absolute atomic E-state index is 0.225. The summed E-state index contributed by atoms with van der Waals surface area (Å²) in [5.41, 5.74) is -1.75. The Morgan fingerprint density at radius 2 is 1.36 bits per heavy atom. The topological polar surface area (TPSA) is 46.0 Å². The lowest BCUT2D eigenvalue weighted by molar-refractivity contribution is -0.137. The standard InChI is InChI=1S/C18H12ClF3N2O/c19-16-4-2-1-3-15(16)17(25,14-9-23-11-24-10-14)12-5-7-13(8-6-12)18(20,21)22/h1-11,25H. The van der Waals surface area contributed by atoms with Crippen molar-refractivity contribution in [1.29, 1.82) is 0 Å². The quantitative estimate of drug-likeness (QED) is 0.747. The maximum Gasteiger partial charge on any atom is 0.416 e. The van der Waals surface area contributed by atoms with Gasteiger partial charge in [-0.3, -0.25) is 0 Å². The first-order chi connectivity index (χ1) is 11.8. The van der Waals surface area contributed by atoms with Crippen molar-refractivity contribution in [3.63, 3.8) is 0 Å². The zero-order valence-corrected chi connectivity index (χ0v) is 13.5. The number of nitrogens with zero attached hydrogens (tertiary/aromatic N) is 2. The number of hydrogen-bond acceptors (Lipinski definition) is 3. The highest BCUT2D eigenvalue weighted by molar-refractivity contribution is 6.31. The highest BCUT2D eigenvalue weighted by Crippen LogP contribution is 2.40. The third-order valence-corrected chi connectivity index (χ3v) is 4.20. The summed E-state index contributed by atoms with van der Waals surface area (Å²) in [5.74, 6) is 0. The molecule has 0 radical (unpaired) electrons. The van der Waals surface area contributed by atoms with Gasteiger partial charge in [0.25, 0.3) is 0 Å². The highest BCUT2D eigenvalue weighted by Gasteiger charge is 2.37. The first-order valence-corrected chi connectivity index (χ1v) is 7.62. The van der Waals surface area contributed by atoms with Gasteiger partial charge < -0.3 is 5.11 Å². The van der Waals surface area contributed by atoms with E-state index >= 15 is 0 Å². The Hall–Kier alpha value is -2.44. The van der Waals surface area contributed by atoms with Gasteiger partial charge >= 0.3 is 6.18 Å². The number of rotatable bonds is 3. The monoisotopic (exact) mass is 364 g/mol. The molecule has 25 heavy (non-hydrogen) atoms. The van der Waals surface area contributed by atoms with E-state index in [0.29, 0.717) is 11.1 Å². The molecule has 1 unspecified atom stereocenters. The first-order valence-electron chi connectivity index (χ1n) is 7.24. The van der Waals surface area contributed by atoms with Gasteiger partial charge in [-0.15, -0.1) is 0 Å². The fraction of sp³-hybridized carbons (Fsp3) is 0.111. The van der Waals surface area contributed by atoms with Gasteiger partial charge in [-0.2, -0.15) is 13.2 Å². The lowest BCUT2D eigenvalue weighted by Gasteiger charge is -2.30. The number of benzene rings is 2. The highest BCUT2D eigenvalue weighted by atomic mass is 35.5. The Balaban J connectivity index is 2.21. The van der Waals surface area contributed by atoms with Crippen molar-refractivity contribution in [3.8, 4) is 0 Å². The molecule has 0 fully saturated rings. The average Bonchev–Trinajstić information content (AvgIpc) is 2.61. The van der Waals surface area contributed by atoms with E-state index in [9.17, 15) is 18.3 Å². The molecule has 1 heterocycles. The lowest BCUT2D eigenvalue weighted by Crippen LogP contribution is -2.29. The zero-order chi connectivity index (χ0) is 18.1. The van der Waals surface area contributed by atoms with Crippen LogP contribution in [0.2, 0.25) is 5.02 Å². The smallest absolute Gasteiger partial charge is 0.376 e. The first kappa shape index (κ1) is 17.4. The van der Waals surface area contributed by atoms with Crippen molar-refractivity contribution >= 4 is 11.6 Å². The molecule has 1 atom stereocenters. The maximum atomic E-state index is 12.8. The fourth-order valence-corrected chi connectivity index (χ4v) is 2.89. The molecule has 1 N–H and O–H groups in total. The molecule has 0 amide bonds. The Kier molecular flexibility index (Phi) is 4.49. The van der Waals surface area contributed by atoms with Crippen molar-refractivity contribution in [1.82, 2.24) is 9.97 Å². The molecule has 0 aliphatic heterocycles. The van der Waals surface area contributed by atoms with Crippen LogP contribution in [-0.2, 0) is 11.8 Å². The summed E-state index contributed by atoms with van der Waals surface area (Å²) in [7, 11) is 0. The van der Waals surface area contributed by atoms with Gasteiger partial charge in [0.1, 0.15) is 11.9 Å². The molecule has 0 aliphatic rings. The van der Waals surface area contributed by atoms with Crippen LogP contribution in [0.15, 0.2) is 67.3 Å². The molecule has 128 valence electrons. The molecular weight excluding hydrogens is 353 g/mol. The summed E-state index contributed by atoms with van der Waals surface area (Å²) in [4.78, 5) is 7.79. The SMILES string of the molecule is OC(c1ccc(C(F)(F)F)cc1)(c1cncnc1)c1ccccc1Cl. The summed E-state index contributed by atoms with van der Waals surface area (Å²) in [6, 6.07) is 10.9. The van der Waals surface area contributed by atoms with Crippen molar-refractivity contribution < 1.29 is 18.3 Å². The van der Waals surface area contributed by atoms with Gasteiger partial charge in [-0.05, 0) is 23.8 Å². The molecule has 0 spiro atoms. The van der Waals surface area contributed by atoms with Gasteiger partial charge in [0.15, 0.2) is 0 Å². The molecule has 0 aliphatic carbocycles. The van der Waals surface area contributed by atoms with Crippen molar-refractivity contribution in [2.45, 2.75) is 11.8 Å². The fourth-order valence-electron chi connectivity index (χ4n) is 2.62. The predicted octanol–water partition coefficient (Wildman–Crippen LogP) is 4.43. The number of aromatic nitrogens is 2. The van der Waals surface area contributed by atoms with Crippen LogP contribution in [0.5, 0.6) is 0 Å². The second-order valence-electron chi connectivity index (χ2n) is 5.39. The average molecular weight is 365 g/mol. The van der Waals surface area contributed by atoms with Gasteiger partial charge in [0.05, 0.1) is 5.56 Å². The molecule has 1 aromatic heterocycles. The molecule has 0 bridgehead atoms. The van der Waals surface area contributed by atoms with E-state index in [0.717, 1.165) is 12.1 Å². The van der Waals surface area contributed by atoms with E-state index in [4.69, 9.17) is 11.6 Å². The summed E-state index contributed by atoms with van der Waals surface area (Å²) in [6.07, 6.45) is -0.373. The number of hydrogen-bond donors (Lipinski definition) is 1. The lowest BCUT2D eigenvalue weighted by atomic mass is 9.81. The molecule has 0 saturated heterocycles. The van der Waals surface area contributed by atoms with E-state index in [1.165, 1.54) is 30.9 Å². The van der Waals surface area contributed by atoms with Crippen LogP contribution in [0.4, 0.5) is 13.2 Å². The van der Waals surface area contributed by atoms with Crippen molar-refractivity contribution in [3.05, 3.63) is 94.5 Å². The van der Waals surface area contributed by atoms with Crippen LogP contribution in [0.3, 0.4) is 0 Å². The zero-order valence-electron chi connectivity index (χ0n) is 12.7. The number of aliphatic hydroxyl groups is 1. The Labute approximate surface area is 146 Å². The van der Waals surface area contributed by atoms with Crippen LogP contribution in [0.25, 0.3) is 0 Å². The summed E-state index contributed by atoms with van der Waals surface area (Å²) < 4.78 is 38.5. The minimum atomic E-state index is -4.46. The van der Waals surface area contributed by atoms with Crippen molar-refractivity contribution in [2.75, 3.05) is 0 Å². The second kappa shape index (κ2) is 6.46. The van der Waals surface area contributed by atoms with Crippen LogP contribution >= 0.6 is 11.6 Å². The summed E-state index contributed by atoms with van der Waals surface area (Å²) >= 11 is 6.23. The molecular formula is C18H12ClF3N2O. The van der Waals surface area contributed by atoms with Crippen LogP contribution in [-0.4, -0.2) is 15.1 Å². The Morgan fingerprint density at radius 1 is 0.800 bits per heavy atom. The second-order valence-corrected chi connectivity index (χ2v) is 5.80. The van der Waals surface area contributed by atoms with E-state index in [-0.39, 0.29) is 10.6 Å². The van der Waals surface area contributed by atoms with Crippen molar-refractivity contribution in [2.24, 2.45) is 0 Å². The predicted molar refractivity (Wildman–Crippen MR) is 87.0 cm³/mol. The van der Waals surface area contributed by atoms with Crippen LogP contribution < -0.4 is 0 Å². The van der Waals surface area contributed by atoms with E-state index < -0.39 is 17.3 Å². The minimum Gasteiger partial charge on any atom is -0.376 e. The molecule has 2 aromatic carbocycles. The molecule has 3 aromatic rings. The summed E-state index contributed by atoms with van der Waals surface area (Å²) in [5, 5.41) is 11.7. The van der Waals surface area contributed by atoms with E-state index in [1.54, 1.807) is 24.3 Å². The van der Waals surface area contributed by atoms with Gasteiger partial charge in [0, 0.05) is 28.5 Å².